The summed E-state index contributed by atoms with van der Waals surface area (Å²) < 4.78 is 17.0. The molecule has 1 amide bonds. The van der Waals surface area contributed by atoms with Gasteiger partial charge in [-0.05, 0) is 30.2 Å². The van der Waals surface area contributed by atoms with Crippen molar-refractivity contribution in [2.24, 2.45) is 11.8 Å². The molecule has 0 unspecified atom stereocenters. The Hall–Kier alpha value is -3.12. The zero-order valence-electron chi connectivity index (χ0n) is 17.6. The normalized spacial score (nSPS) is 29.2. The number of benzene rings is 2. The van der Waals surface area contributed by atoms with Gasteiger partial charge in [0.25, 0.3) is 0 Å². The number of rotatable bonds is 6. The molecule has 2 aromatic rings. The third-order valence-electron chi connectivity index (χ3n) is 6.69. The fourth-order valence-electron chi connectivity index (χ4n) is 5.01. The molecule has 3 heterocycles. The minimum atomic E-state index is -0.751. The largest absolute Gasteiger partial charge is 0.497 e. The number of ether oxygens (including phenoxy) is 3. The van der Waals surface area contributed by atoms with Crippen molar-refractivity contribution in [3.8, 4) is 5.75 Å². The Morgan fingerprint density at radius 1 is 1.19 bits per heavy atom. The van der Waals surface area contributed by atoms with Crippen molar-refractivity contribution >= 4 is 11.9 Å². The van der Waals surface area contributed by atoms with Crippen LogP contribution < -0.4 is 4.74 Å². The summed E-state index contributed by atoms with van der Waals surface area (Å²) in [5.74, 6) is -0.833. The van der Waals surface area contributed by atoms with Gasteiger partial charge >= 0.3 is 5.97 Å². The Morgan fingerprint density at radius 3 is 2.65 bits per heavy atom. The molecular weight excluding hydrogens is 394 g/mol. The first-order chi connectivity index (χ1) is 15.0. The second kappa shape index (κ2) is 7.54. The van der Waals surface area contributed by atoms with E-state index in [1.807, 2.05) is 78.6 Å². The maximum absolute atomic E-state index is 13.5. The van der Waals surface area contributed by atoms with Crippen LogP contribution in [0.25, 0.3) is 0 Å². The Balaban J connectivity index is 1.34. The van der Waals surface area contributed by atoms with Crippen molar-refractivity contribution in [1.29, 1.82) is 0 Å². The number of carbonyl (C=O) groups is 2. The van der Waals surface area contributed by atoms with E-state index in [0.29, 0.717) is 6.54 Å². The van der Waals surface area contributed by atoms with E-state index in [-0.39, 0.29) is 24.5 Å². The van der Waals surface area contributed by atoms with Crippen molar-refractivity contribution in [2.75, 3.05) is 13.7 Å². The fraction of sp³-hybridized carbons (Fsp3) is 0.360. The molecule has 1 spiro atoms. The van der Waals surface area contributed by atoms with Crippen LogP contribution in [-0.2, 0) is 25.7 Å². The minimum Gasteiger partial charge on any atom is -0.497 e. The third kappa shape index (κ3) is 3.22. The summed E-state index contributed by atoms with van der Waals surface area (Å²) in [6.45, 7) is 2.61. The Labute approximate surface area is 181 Å². The van der Waals surface area contributed by atoms with E-state index < -0.39 is 23.5 Å². The molecule has 6 nitrogen and oxygen atoms in total. The zero-order chi connectivity index (χ0) is 21.6. The predicted octanol–water partition coefficient (Wildman–Crippen LogP) is 3.28. The van der Waals surface area contributed by atoms with Crippen molar-refractivity contribution in [2.45, 2.75) is 31.3 Å². The summed E-state index contributed by atoms with van der Waals surface area (Å²) in [7, 11) is 1.62. The molecule has 31 heavy (non-hydrogen) atoms. The number of fused-ring (bicyclic) bond motifs is 1. The number of nitrogens with zero attached hydrogens (tertiary/aromatic N) is 1. The van der Waals surface area contributed by atoms with Crippen LogP contribution in [0.2, 0.25) is 0 Å². The summed E-state index contributed by atoms with van der Waals surface area (Å²) in [5.41, 5.74) is 1.17. The van der Waals surface area contributed by atoms with Gasteiger partial charge in [-0.1, -0.05) is 54.6 Å². The van der Waals surface area contributed by atoms with Gasteiger partial charge in [-0.15, -0.1) is 0 Å². The highest BCUT2D eigenvalue weighted by Gasteiger charge is 2.67. The van der Waals surface area contributed by atoms with Crippen LogP contribution in [0.5, 0.6) is 5.75 Å². The van der Waals surface area contributed by atoms with Gasteiger partial charge in [0.05, 0.1) is 31.7 Å². The average molecular weight is 419 g/mol. The Morgan fingerprint density at radius 2 is 1.94 bits per heavy atom. The fourth-order valence-corrected chi connectivity index (χ4v) is 5.01. The number of likely N-dealkylation sites (tertiary alicyclic amines) is 1. The van der Waals surface area contributed by atoms with E-state index in [2.05, 4.69) is 0 Å². The van der Waals surface area contributed by atoms with Crippen molar-refractivity contribution in [3.05, 3.63) is 77.9 Å². The standard InChI is InChI=1S/C25H25NO5/c1-16(18-8-10-19(29-2)11-9-18)26-15-25-13-12-20(31-25)21(22(25)23(26)27)24(28)30-14-17-6-4-3-5-7-17/h3-13,16,20-22H,14-15H2,1-2H3/t16-,20+,21+,22+,25-/m1/s1. The van der Waals surface area contributed by atoms with E-state index in [1.54, 1.807) is 7.11 Å². The molecule has 2 aromatic carbocycles. The molecule has 6 heteroatoms. The Kier molecular flexibility index (Phi) is 4.82. The molecule has 2 fully saturated rings. The van der Waals surface area contributed by atoms with Gasteiger partial charge in [-0.3, -0.25) is 9.59 Å². The highest BCUT2D eigenvalue weighted by atomic mass is 16.6. The highest BCUT2D eigenvalue weighted by Crippen LogP contribution is 2.53. The summed E-state index contributed by atoms with van der Waals surface area (Å²) in [6, 6.07) is 17.1. The summed E-state index contributed by atoms with van der Waals surface area (Å²) >= 11 is 0. The van der Waals surface area contributed by atoms with Crippen LogP contribution in [0.3, 0.4) is 0 Å². The first kappa shape index (κ1) is 19.8. The van der Waals surface area contributed by atoms with Crippen LogP contribution in [0.15, 0.2) is 66.7 Å². The molecule has 3 aliphatic heterocycles. The minimum absolute atomic E-state index is 0.0585. The quantitative estimate of drug-likeness (QED) is 0.531. The van der Waals surface area contributed by atoms with Crippen molar-refractivity contribution < 1.29 is 23.8 Å². The highest BCUT2D eigenvalue weighted by molar-refractivity contribution is 5.91. The van der Waals surface area contributed by atoms with E-state index in [0.717, 1.165) is 16.9 Å². The monoisotopic (exact) mass is 419 g/mol. The molecule has 5 atom stereocenters. The smallest absolute Gasteiger partial charge is 0.313 e. The van der Waals surface area contributed by atoms with Gasteiger partial charge in [0.2, 0.25) is 5.91 Å². The lowest BCUT2D eigenvalue weighted by Gasteiger charge is -2.27. The number of esters is 1. The van der Waals surface area contributed by atoms with Crippen LogP contribution in [0.1, 0.15) is 24.1 Å². The van der Waals surface area contributed by atoms with E-state index >= 15 is 0 Å². The van der Waals surface area contributed by atoms with Crippen LogP contribution in [0.4, 0.5) is 0 Å². The molecule has 3 aliphatic rings. The van der Waals surface area contributed by atoms with E-state index in [1.165, 1.54) is 0 Å². The first-order valence-corrected chi connectivity index (χ1v) is 10.5. The molecule has 2 bridgehead atoms. The van der Waals surface area contributed by atoms with Crippen LogP contribution in [0, 0.1) is 11.8 Å². The maximum Gasteiger partial charge on any atom is 0.313 e. The third-order valence-corrected chi connectivity index (χ3v) is 6.69. The maximum atomic E-state index is 13.5. The van der Waals surface area contributed by atoms with E-state index in [4.69, 9.17) is 14.2 Å². The first-order valence-electron chi connectivity index (χ1n) is 10.5. The van der Waals surface area contributed by atoms with Gasteiger partial charge < -0.3 is 19.1 Å². The SMILES string of the molecule is COc1ccc([C@@H](C)N2C[C@@]34C=C[C@H](O3)[C@H](C(=O)OCc3ccccc3)[C@H]4C2=O)cc1. The average Bonchev–Trinajstić information content (AvgIpc) is 3.46. The second-order valence-corrected chi connectivity index (χ2v) is 8.41. The van der Waals surface area contributed by atoms with Gasteiger partial charge in [0, 0.05) is 0 Å². The molecule has 0 aromatic heterocycles. The molecule has 0 aliphatic carbocycles. The molecule has 2 saturated heterocycles. The van der Waals surface area contributed by atoms with Gasteiger partial charge in [-0.25, -0.2) is 0 Å². The molecular formula is C25H25NO5. The molecule has 160 valence electrons. The lowest BCUT2D eigenvalue weighted by atomic mass is 9.77. The topological polar surface area (TPSA) is 65.1 Å². The number of methoxy groups -OCH3 is 1. The second-order valence-electron chi connectivity index (χ2n) is 8.41. The van der Waals surface area contributed by atoms with Gasteiger partial charge in [-0.2, -0.15) is 0 Å². The van der Waals surface area contributed by atoms with Crippen LogP contribution >= 0.6 is 0 Å². The Bertz CT molecular complexity index is 1020. The number of hydrogen-bond acceptors (Lipinski definition) is 5. The van der Waals surface area contributed by atoms with Gasteiger partial charge in [0.15, 0.2) is 0 Å². The van der Waals surface area contributed by atoms with Crippen molar-refractivity contribution in [1.82, 2.24) is 4.90 Å². The molecule has 0 radical (unpaired) electrons. The molecule has 0 N–H and O–H groups in total. The summed E-state index contributed by atoms with van der Waals surface area (Å²) in [6.07, 6.45) is 3.46. The summed E-state index contributed by atoms with van der Waals surface area (Å²) in [5, 5.41) is 0. The predicted molar refractivity (Wildman–Crippen MR) is 113 cm³/mol. The summed E-state index contributed by atoms with van der Waals surface area (Å²) in [4.78, 5) is 28.3. The number of amides is 1. The van der Waals surface area contributed by atoms with Crippen molar-refractivity contribution in [3.63, 3.8) is 0 Å². The molecule has 0 saturated carbocycles. The number of hydrogen-bond donors (Lipinski definition) is 0. The lowest BCUT2D eigenvalue weighted by molar-refractivity contribution is -0.155. The molecule has 5 rings (SSSR count). The number of carbonyl (C=O) groups excluding carboxylic acids is 2. The zero-order valence-corrected chi connectivity index (χ0v) is 17.6. The van der Waals surface area contributed by atoms with Gasteiger partial charge in [0.1, 0.15) is 23.9 Å². The van der Waals surface area contributed by atoms with Crippen LogP contribution in [-0.4, -0.2) is 42.1 Å². The van der Waals surface area contributed by atoms with E-state index in [9.17, 15) is 9.59 Å². The lowest BCUT2D eigenvalue weighted by Crippen LogP contribution is -2.40.